The fourth-order valence-corrected chi connectivity index (χ4v) is 4.94. The number of aromatic nitrogens is 3. The maximum atomic E-state index is 12.7. The number of carbonyl (C=O) groups is 1. The van der Waals surface area contributed by atoms with E-state index in [-0.39, 0.29) is 11.5 Å². The monoisotopic (exact) mass is 482 g/mol. The molecule has 0 fully saturated rings. The van der Waals surface area contributed by atoms with Gasteiger partial charge in [-0.05, 0) is 25.1 Å². The van der Waals surface area contributed by atoms with Gasteiger partial charge in [-0.3, -0.25) is 14.3 Å². The van der Waals surface area contributed by atoms with E-state index in [1.54, 1.807) is 48.4 Å². The first-order valence-electron chi connectivity index (χ1n) is 11.5. The zero-order valence-corrected chi connectivity index (χ0v) is 20.9. The summed E-state index contributed by atoms with van der Waals surface area (Å²) in [5.41, 5.74) is 5.58. The molecule has 0 unspecified atom stereocenters. The van der Waals surface area contributed by atoms with Crippen molar-refractivity contribution in [2.24, 2.45) is 14.1 Å². The number of hydrogen-bond acceptors (Lipinski definition) is 6. The van der Waals surface area contributed by atoms with Crippen molar-refractivity contribution in [3.05, 3.63) is 64.2 Å². The molecule has 2 aromatic heterocycles. The van der Waals surface area contributed by atoms with Crippen molar-refractivity contribution in [1.29, 1.82) is 5.26 Å². The number of hydrogen-bond donors (Lipinski definition) is 0. The molecule has 2 aromatic carbocycles. The molecule has 5 rings (SSSR count). The number of anilines is 3. The van der Waals surface area contributed by atoms with Crippen molar-refractivity contribution in [3.63, 3.8) is 0 Å². The predicted molar refractivity (Wildman–Crippen MR) is 139 cm³/mol. The molecule has 0 saturated heterocycles. The molecule has 1 aliphatic rings. The van der Waals surface area contributed by atoms with Gasteiger partial charge in [0, 0.05) is 74.5 Å². The molecule has 0 aliphatic carbocycles. The van der Waals surface area contributed by atoms with E-state index in [2.05, 4.69) is 16.1 Å². The average Bonchev–Trinajstić information content (AvgIpc) is 3.31. The van der Waals surface area contributed by atoms with E-state index < -0.39 is 0 Å². The summed E-state index contributed by atoms with van der Waals surface area (Å²) in [5, 5.41) is 15.2. The van der Waals surface area contributed by atoms with Gasteiger partial charge in [-0.15, -0.1) is 0 Å². The van der Waals surface area contributed by atoms with E-state index in [0.29, 0.717) is 41.2 Å². The van der Waals surface area contributed by atoms with Crippen molar-refractivity contribution in [3.8, 4) is 22.9 Å². The Hall–Kier alpha value is -4.58. The Bertz CT molecular complexity index is 1640. The van der Waals surface area contributed by atoms with Crippen LogP contribution >= 0.6 is 0 Å². The predicted octanol–water partition coefficient (Wildman–Crippen LogP) is 3.63. The molecule has 0 radical (unpaired) electrons. The molecular formula is C27H26N6O3. The third kappa shape index (κ3) is 3.58. The standard InChI is InChI=1S/C27H26N6O3/c1-16-8-22-23(31(4)27(16)35)10-20(36-5)11-24(22)33-7-6-32(17(2)34)26-12-21(18(13-28)9-25(26)33)19-14-29-30(3)15-19/h8-12,14-15H,6-7H2,1-5H3. The molecule has 36 heavy (non-hydrogen) atoms. The number of nitriles is 1. The lowest BCUT2D eigenvalue weighted by atomic mass is 9.98. The Morgan fingerprint density at radius 1 is 1.08 bits per heavy atom. The van der Waals surface area contributed by atoms with Crippen molar-refractivity contribution in [2.75, 3.05) is 30.0 Å². The largest absolute Gasteiger partial charge is 0.497 e. The van der Waals surface area contributed by atoms with Gasteiger partial charge in [-0.1, -0.05) is 0 Å². The molecule has 0 saturated carbocycles. The number of rotatable bonds is 3. The highest BCUT2D eigenvalue weighted by atomic mass is 16.5. The molecule has 0 spiro atoms. The van der Waals surface area contributed by atoms with Crippen molar-refractivity contribution in [2.45, 2.75) is 13.8 Å². The Morgan fingerprint density at radius 3 is 2.50 bits per heavy atom. The normalized spacial score (nSPS) is 13.0. The highest BCUT2D eigenvalue weighted by Gasteiger charge is 2.29. The maximum Gasteiger partial charge on any atom is 0.253 e. The number of fused-ring (bicyclic) bond motifs is 2. The Labute approximate surface area is 208 Å². The van der Waals surface area contributed by atoms with Crippen LogP contribution in [0.4, 0.5) is 17.1 Å². The summed E-state index contributed by atoms with van der Waals surface area (Å²) in [6.07, 6.45) is 3.56. The first-order chi connectivity index (χ1) is 17.2. The summed E-state index contributed by atoms with van der Waals surface area (Å²) < 4.78 is 8.88. The highest BCUT2D eigenvalue weighted by molar-refractivity contribution is 6.03. The van der Waals surface area contributed by atoms with Crippen LogP contribution in [0.5, 0.6) is 5.75 Å². The highest BCUT2D eigenvalue weighted by Crippen LogP contribution is 2.44. The average molecular weight is 483 g/mol. The van der Waals surface area contributed by atoms with Gasteiger partial charge < -0.3 is 19.1 Å². The molecular weight excluding hydrogens is 456 g/mol. The van der Waals surface area contributed by atoms with Crippen LogP contribution in [0, 0.1) is 18.3 Å². The maximum absolute atomic E-state index is 12.7. The van der Waals surface area contributed by atoms with Crippen LogP contribution in [-0.4, -0.2) is 40.5 Å². The minimum atomic E-state index is -0.0773. The van der Waals surface area contributed by atoms with Crippen LogP contribution in [0.1, 0.15) is 18.1 Å². The van der Waals surface area contributed by atoms with Crippen LogP contribution in [0.2, 0.25) is 0 Å². The molecule has 0 atom stereocenters. The number of aryl methyl sites for hydroxylation is 3. The quantitative estimate of drug-likeness (QED) is 0.442. The first kappa shape index (κ1) is 23.2. The SMILES string of the molecule is COc1cc(N2CCN(C(C)=O)c3cc(-c4cnn(C)c4)c(C#N)cc32)c2cc(C)c(=O)n(C)c2c1. The van der Waals surface area contributed by atoms with Crippen LogP contribution in [-0.2, 0) is 18.9 Å². The van der Waals surface area contributed by atoms with E-state index in [4.69, 9.17) is 4.74 Å². The molecule has 0 N–H and O–H groups in total. The molecule has 4 aromatic rings. The third-order valence-electron chi connectivity index (χ3n) is 6.76. The van der Waals surface area contributed by atoms with Crippen LogP contribution < -0.4 is 20.1 Å². The van der Waals surface area contributed by atoms with Crippen molar-refractivity contribution < 1.29 is 9.53 Å². The number of benzene rings is 2. The molecule has 1 amide bonds. The topological polar surface area (TPSA) is 96.4 Å². The summed E-state index contributed by atoms with van der Waals surface area (Å²) >= 11 is 0. The van der Waals surface area contributed by atoms with Gasteiger partial charge in [0.1, 0.15) is 5.75 Å². The molecule has 0 bridgehead atoms. The number of pyridine rings is 1. The number of amides is 1. The van der Waals surface area contributed by atoms with E-state index in [1.807, 2.05) is 43.6 Å². The fourth-order valence-electron chi connectivity index (χ4n) is 4.94. The van der Waals surface area contributed by atoms with Gasteiger partial charge in [0.05, 0.1) is 47.5 Å². The molecule has 3 heterocycles. The summed E-state index contributed by atoms with van der Waals surface area (Å²) in [6.45, 7) is 4.31. The van der Waals surface area contributed by atoms with E-state index >= 15 is 0 Å². The lowest BCUT2D eigenvalue weighted by Crippen LogP contribution is -2.41. The minimum Gasteiger partial charge on any atom is -0.497 e. The number of carbonyl (C=O) groups excluding carboxylic acids is 1. The summed E-state index contributed by atoms with van der Waals surface area (Å²) in [5.74, 6) is 0.533. The van der Waals surface area contributed by atoms with Gasteiger partial charge in [0.15, 0.2) is 0 Å². The van der Waals surface area contributed by atoms with Gasteiger partial charge in [-0.2, -0.15) is 10.4 Å². The summed E-state index contributed by atoms with van der Waals surface area (Å²) in [7, 11) is 5.16. The second-order valence-corrected chi connectivity index (χ2v) is 8.99. The Balaban J connectivity index is 1.81. The van der Waals surface area contributed by atoms with Crippen LogP contribution in [0.3, 0.4) is 0 Å². The molecule has 182 valence electrons. The number of nitrogens with zero attached hydrogens (tertiary/aromatic N) is 6. The van der Waals surface area contributed by atoms with Gasteiger partial charge in [0.25, 0.3) is 5.56 Å². The molecule has 9 nitrogen and oxygen atoms in total. The Morgan fingerprint density at radius 2 is 1.86 bits per heavy atom. The molecule has 9 heteroatoms. The van der Waals surface area contributed by atoms with Gasteiger partial charge in [0.2, 0.25) is 5.91 Å². The minimum absolute atomic E-state index is 0.0728. The van der Waals surface area contributed by atoms with E-state index in [0.717, 1.165) is 27.8 Å². The Kier molecular flexibility index (Phi) is 5.52. The molecule has 1 aliphatic heterocycles. The first-order valence-corrected chi connectivity index (χ1v) is 11.5. The third-order valence-corrected chi connectivity index (χ3v) is 6.76. The zero-order valence-electron chi connectivity index (χ0n) is 20.9. The second kappa shape index (κ2) is 8.57. The summed E-state index contributed by atoms with van der Waals surface area (Å²) in [6, 6.07) is 11.7. The number of ether oxygens (including phenoxy) is 1. The fraction of sp³-hybridized carbons (Fsp3) is 0.259. The van der Waals surface area contributed by atoms with Crippen LogP contribution in [0.25, 0.3) is 22.0 Å². The second-order valence-electron chi connectivity index (χ2n) is 8.99. The number of methoxy groups -OCH3 is 1. The van der Waals surface area contributed by atoms with E-state index in [9.17, 15) is 14.9 Å². The van der Waals surface area contributed by atoms with Gasteiger partial charge >= 0.3 is 0 Å². The van der Waals surface area contributed by atoms with Crippen molar-refractivity contribution >= 4 is 33.9 Å². The lowest BCUT2D eigenvalue weighted by molar-refractivity contribution is -0.116. The smallest absolute Gasteiger partial charge is 0.253 e. The lowest BCUT2D eigenvalue weighted by Gasteiger charge is -2.38. The van der Waals surface area contributed by atoms with Crippen molar-refractivity contribution in [1.82, 2.24) is 14.3 Å². The zero-order chi connectivity index (χ0) is 25.7. The van der Waals surface area contributed by atoms with Crippen LogP contribution in [0.15, 0.2) is 47.5 Å². The summed E-state index contributed by atoms with van der Waals surface area (Å²) in [4.78, 5) is 29.1. The van der Waals surface area contributed by atoms with Gasteiger partial charge in [-0.25, -0.2) is 0 Å². The van der Waals surface area contributed by atoms with E-state index in [1.165, 1.54) is 0 Å².